The zero-order chi connectivity index (χ0) is 15.1. The van der Waals surface area contributed by atoms with Crippen molar-refractivity contribution in [2.24, 2.45) is 5.73 Å². The second-order valence-electron chi connectivity index (χ2n) is 5.47. The van der Waals surface area contributed by atoms with Crippen LogP contribution in [-0.4, -0.2) is 11.9 Å². The average molecular weight is 284 g/mol. The third kappa shape index (κ3) is 2.12. The monoisotopic (exact) mass is 284 g/mol. The number of carbonyl (C=O) groups is 1. The SMILES string of the molecule is Cc1ccc(N2C(=O)[C@@H](N)[C@H]2c2ccccc2F)cc1C. The molecule has 3 nitrogen and oxygen atoms in total. The van der Waals surface area contributed by atoms with Gasteiger partial charge in [0.05, 0.1) is 6.04 Å². The van der Waals surface area contributed by atoms with Crippen LogP contribution in [0.1, 0.15) is 22.7 Å². The first-order chi connectivity index (χ1) is 10.0. The summed E-state index contributed by atoms with van der Waals surface area (Å²) in [7, 11) is 0. The van der Waals surface area contributed by atoms with Crippen molar-refractivity contribution in [1.82, 2.24) is 0 Å². The number of amides is 1. The Morgan fingerprint density at radius 3 is 2.48 bits per heavy atom. The third-order valence-corrected chi connectivity index (χ3v) is 4.13. The van der Waals surface area contributed by atoms with Gasteiger partial charge in [-0.3, -0.25) is 4.79 Å². The number of nitrogens with zero attached hydrogens (tertiary/aromatic N) is 1. The minimum Gasteiger partial charge on any atom is -0.318 e. The number of benzene rings is 2. The minimum absolute atomic E-state index is 0.175. The van der Waals surface area contributed by atoms with Crippen molar-refractivity contribution in [2.75, 3.05) is 4.90 Å². The fourth-order valence-corrected chi connectivity index (χ4v) is 2.72. The lowest BCUT2D eigenvalue weighted by atomic mass is 9.87. The Labute approximate surface area is 123 Å². The van der Waals surface area contributed by atoms with Crippen molar-refractivity contribution in [1.29, 1.82) is 0 Å². The maximum absolute atomic E-state index is 14.0. The van der Waals surface area contributed by atoms with Gasteiger partial charge in [0.25, 0.3) is 0 Å². The summed E-state index contributed by atoms with van der Waals surface area (Å²) in [6, 6.07) is 11.1. The highest BCUT2D eigenvalue weighted by Gasteiger charge is 2.47. The van der Waals surface area contributed by atoms with Crippen LogP contribution in [0.2, 0.25) is 0 Å². The lowest BCUT2D eigenvalue weighted by molar-refractivity contribution is -0.126. The summed E-state index contributed by atoms with van der Waals surface area (Å²) in [5, 5.41) is 0. The Kier molecular flexibility index (Phi) is 3.26. The average Bonchev–Trinajstić information content (AvgIpc) is 2.48. The molecule has 21 heavy (non-hydrogen) atoms. The highest BCUT2D eigenvalue weighted by atomic mass is 19.1. The molecule has 2 atom stereocenters. The minimum atomic E-state index is -0.691. The number of aryl methyl sites for hydroxylation is 2. The molecule has 1 saturated heterocycles. The van der Waals surface area contributed by atoms with Crippen molar-refractivity contribution >= 4 is 11.6 Å². The highest BCUT2D eigenvalue weighted by molar-refractivity contribution is 6.05. The number of hydrogen-bond donors (Lipinski definition) is 1. The van der Waals surface area contributed by atoms with E-state index < -0.39 is 12.1 Å². The number of hydrogen-bond acceptors (Lipinski definition) is 2. The predicted molar refractivity (Wildman–Crippen MR) is 80.5 cm³/mol. The van der Waals surface area contributed by atoms with Crippen LogP contribution in [0.4, 0.5) is 10.1 Å². The van der Waals surface area contributed by atoms with E-state index in [0.29, 0.717) is 5.56 Å². The van der Waals surface area contributed by atoms with Gasteiger partial charge in [-0.2, -0.15) is 0 Å². The maximum Gasteiger partial charge on any atom is 0.247 e. The molecule has 3 rings (SSSR count). The van der Waals surface area contributed by atoms with Crippen LogP contribution in [0.5, 0.6) is 0 Å². The smallest absolute Gasteiger partial charge is 0.247 e. The molecular weight excluding hydrogens is 267 g/mol. The van der Waals surface area contributed by atoms with Gasteiger partial charge in [-0.25, -0.2) is 4.39 Å². The molecule has 1 aliphatic heterocycles. The van der Waals surface area contributed by atoms with Crippen LogP contribution in [0.3, 0.4) is 0 Å². The van der Waals surface area contributed by atoms with E-state index >= 15 is 0 Å². The molecule has 0 aliphatic carbocycles. The van der Waals surface area contributed by atoms with Crippen LogP contribution in [0, 0.1) is 19.7 Å². The Balaban J connectivity index is 2.02. The van der Waals surface area contributed by atoms with Crippen LogP contribution >= 0.6 is 0 Å². The summed E-state index contributed by atoms with van der Waals surface area (Å²) in [5.41, 5.74) is 9.37. The molecule has 1 amide bonds. The van der Waals surface area contributed by atoms with Gasteiger partial charge in [0.15, 0.2) is 0 Å². The van der Waals surface area contributed by atoms with Gasteiger partial charge in [-0.05, 0) is 43.2 Å². The Morgan fingerprint density at radius 2 is 1.81 bits per heavy atom. The van der Waals surface area contributed by atoms with Gasteiger partial charge in [-0.15, -0.1) is 0 Å². The number of carbonyl (C=O) groups excluding carboxylic acids is 1. The number of β-lactam (4-membered cyclic amide) rings is 1. The molecule has 2 N–H and O–H groups in total. The summed E-state index contributed by atoms with van der Waals surface area (Å²) in [6.07, 6.45) is 0. The van der Waals surface area contributed by atoms with E-state index in [4.69, 9.17) is 5.73 Å². The summed E-state index contributed by atoms with van der Waals surface area (Å²) in [4.78, 5) is 13.7. The van der Waals surface area contributed by atoms with Gasteiger partial charge < -0.3 is 10.6 Å². The van der Waals surface area contributed by atoms with Crippen LogP contribution in [0.15, 0.2) is 42.5 Å². The lowest BCUT2D eigenvalue weighted by Crippen LogP contribution is -2.63. The second-order valence-corrected chi connectivity index (χ2v) is 5.47. The van der Waals surface area contributed by atoms with Crippen molar-refractivity contribution in [3.8, 4) is 0 Å². The van der Waals surface area contributed by atoms with Gasteiger partial charge in [0.2, 0.25) is 5.91 Å². The first-order valence-corrected chi connectivity index (χ1v) is 6.91. The molecule has 2 aromatic carbocycles. The van der Waals surface area contributed by atoms with Crippen molar-refractivity contribution in [3.05, 3.63) is 65.0 Å². The Morgan fingerprint density at radius 1 is 1.10 bits per heavy atom. The molecule has 0 aromatic heterocycles. The number of anilines is 1. The topological polar surface area (TPSA) is 46.3 Å². The largest absolute Gasteiger partial charge is 0.318 e. The van der Waals surface area contributed by atoms with Crippen molar-refractivity contribution in [3.63, 3.8) is 0 Å². The molecule has 0 saturated carbocycles. The molecule has 0 bridgehead atoms. The first-order valence-electron chi connectivity index (χ1n) is 6.91. The fraction of sp³-hybridized carbons (Fsp3) is 0.235. The van der Waals surface area contributed by atoms with E-state index in [9.17, 15) is 9.18 Å². The van der Waals surface area contributed by atoms with Gasteiger partial charge in [0.1, 0.15) is 11.9 Å². The van der Waals surface area contributed by atoms with Gasteiger partial charge >= 0.3 is 0 Å². The molecule has 0 radical (unpaired) electrons. The van der Waals surface area contributed by atoms with Crippen molar-refractivity contribution < 1.29 is 9.18 Å². The normalized spacial score (nSPS) is 21.3. The van der Waals surface area contributed by atoms with Gasteiger partial charge in [0, 0.05) is 11.3 Å². The molecule has 2 aromatic rings. The standard InChI is InChI=1S/C17H17FN2O/c1-10-7-8-12(9-11(10)2)20-16(15(19)17(20)21)13-5-3-4-6-14(13)18/h3-9,15-16H,19H2,1-2H3/t15-,16+/m0/s1. The highest BCUT2D eigenvalue weighted by Crippen LogP contribution is 2.39. The van der Waals surface area contributed by atoms with E-state index in [2.05, 4.69) is 0 Å². The van der Waals surface area contributed by atoms with Crippen molar-refractivity contribution in [2.45, 2.75) is 25.9 Å². The number of rotatable bonds is 2. The zero-order valence-corrected chi connectivity index (χ0v) is 12.0. The predicted octanol–water partition coefficient (Wildman–Crippen LogP) is 2.86. The molecule has 0 spiro atoms. The zero-order valence-electron chi connectivity index (χ0n) is 12.0. The second kappa shape index (κ2) is 4.97. The maximum atomic E-state index is 14.0. The van der Waals surface area contributed by atoms with E-state index in [1.807, 2.05) is 32.0 Å². The molecule has 1 fully saturated rings. The Hall–Kier alpha value is -2.20. The van der Waals surface area contributed by atoms with E-state index in [0.717, 1.165) is 16.8 Å². The summed E-state index contributed by atoms with van der Waals surface area (Å²) in [5.74, 6) is -0.509. The van der Waals surface area contributed by atoms with Crippen LogP contribution in [0.25, 0.3) is 0 Å². The quantitative estimate of drug-likeness (QED) is 0.862. The molecule has 1 aliphatic rings. The van der Waals surface area contributed by atoms with E-state index in [1.165, 1.54) is 6.07 Å². The summed E-state index contributed by atoms with van der Waals surface area (Å²) < 4.78 is 14.0. The fourth-order valence-electron chi connectivity index (χ4n) is 2.72. The first kappa shape index (κ1) is 13.8. The molecular formula is C17H17FN2O. The van der Waals surface area contributed by atoms with Crippen LogP contribution in [-0.2, 0) is 4.79 Å². The number of halogens is 1. The van der Waals surface area contributed by atoms with E-state index in [-0.39, 0.29) is 11.7 Å². The lowest BCUT2D eigenvalue weighted by Gasteiger charge is -2.45. The van der Waals surface area contributed by atoms with E-state index in [1.54, 1.807) is 23.1 Å². The number of nitrogens with two attached hydrogens (primary N) is 1. The molecule has 108 valence electrons. The summed E-state index contributed by atoms with van der Waals surface area (Å²) in [6.45, 7) is 4.00. The molecule has 0 unspecified atom stereocenters. The summed E-state index contributed by atoms with van der Waals surface area (Å²) >= 11 is 0. The molecule has 1 heterocycles. The molecule has 4 heteroatoms. The third-order valence-electron chi connectivity index (χ3n) is 4.13. The van der Waals surface area contributed by atoms with Crippen LogP contribution < -0.4 is 10.6 Å². The Bertz CT molecular complexity index is 714. The van der Waals surface area contributed by atoms with Gasteiger partial charge in [-0.1, -0.05) is 24.3 Å².